The van der Waals surface area contributed by atoms with Gasteiger partial charge in [0, 0.05) is 23.9 Å². The zero-order valence-corrected chi connectivity index (χ0v) is 16.0. The van der Waals surface area contributed by atoms with Gasteiger partial charge >= 0.3 is 0 Å². The summed E-state index contributed by atoms with van der Waals surface area (Å²) in [6.45, 7) is 7.77. The minimum Gasteiger partial charge on any atom is -0.395 e. The predicted octanol–water partition coefficient (Wildman–Crippen LogP) is 2.74. The van der Waals surface area contributed by atoms with E-state index >= 15 is 0 Å². The highest BCUT2D eigenvalue weighted by Gasteiger charge is 2.71. The number of carbonyl (C=O) groups excluding carboxylic acids is 1. The van der Waals surface area contributed by atoms with Crippen molar-refractivity contribution in [3.05, 3.63) is 12.2 Å². The Labute approximate surface area is 156 Å². The number of nitrogens with zero attached hydrogens (tertiary/aromatic N) is 1. The van der Waals surface area contributed by atoms with Gasteiger partial charge in [0.2, 0.25) is 5.91 Å². The van der Waals surface area contributed by atoms with Crippen LogP contribution in [0.5, 0.6) is 0 Å². The van der Waals surface area contributed by atoms with Crippen molar-refractivity contribution in [2.45, 2.75) is 64.4 Å². The number of rotatable bonds is 2. The summed E-state index contributed by atoms with van der Waals surface area (Å²) in [5.41, 5.74) is 0.937. The Morgan fingerprint density at radius 1 is 1.15 bits per heavy atom. The monoisotopic (exact) mass is 359 g/mol. The Hall–Kier alpha value is -0.870. The number of amides is 1. The van der Waals surface area contributed by atoms with Crippen LogP contribution >= 0.6 is 0 Å². The van der Waals surface area contributed by atoms with E-state index < -0.39 is 0 Å². The lowest BCUT2D eigenvalue weighted by molar-refractivity contribution is -0.237. The highest BCUT2D eigenvalue weighted by Crippen LogP contribution is 2.73. The Balaban J connectivity index is 1.62. The summed E-state index contributed by atoms with van der Waals surface area (Å²) in [6, 6.07) is 0. The van der Waals surface area contributed by atoms with Crippen LogP contribution in [0.2, 0.25) is 0 Å². The Morgan fingerprint density at radius 2 is 1.92 bits per heavy atom. The number of carbonyl (C=O) groups is 1. The molecule has 1 spiro atoms. The number of fused-ring (bicyclic) bond motifs is 2. The molecule has 1 aliphatic heterocycles. The minimum absolute atomic E-state index is 0.00808. The number of likely N-dealkylation sites (tertiary alicyclic amines) is 1. The van der Waals surface area contributed by atoms with E-state index in [1.165, 1.54) is 12.8 Å². The third kappa shape index (κ3) is 1.81. The van der Waals surface area contributed by atoms with E-state index in [4.69, 9.17) is 0 Å². The molecule has 6 aliphatic rings. The van der Waals surface area contributed by atoms with Gasteiger partial charge in [-0.15, -0.1) is 0 Å². The molecule has 4 bridgehead atoms. The highest BCUT2D eigenvalue weighted by molar-refractivity contribution is 5.84. The molecular weight excluding hydrogens is 326 g/mol. The van der Waals surface area contributed by atoms with Crippen molar-refractivity contribution in [3.8, 4) is 0 Å². The van der Waals surface area contributed by atoms with Gasteiger partial charge in [-0.25, -0.2) is 0 Å². The summed E-state index contributed by atoms with van der Waals surface area (Å²) < 4.78 is 0. The molecule has 144 valence electrons. The number of hydrogen-bond donors (Lipinski definition) is 2. The second-order valence-electron chi connectivity index (χ2n) is 10.3. The van der Waals surface area contributed by atoms with Crippen LogP contribution in [0.3, 0.4) is 0 Å². The smallest absolute Gasteiger partial charge is 0.228 e. The minimum atomic E-state index is -0.354. The molecule has 0 aromatic carbocycles. The lowest BCUT2D eigenvalue weighted by atomic mass is 9.35. The molecule has 0 radical (unpaired) electrons. The number of hydrogen-bond acceptors (Lipinski definition) is 3. The number of β-amino-alcohol motifs (C(OH)–C–C–N with tert-alkyl or cyclic N) is 1. The summed E-state index contributed by atoms with van der Waals surface area (Å²) in [6.07, 6.45) is 8.53. The second-order valence-corrected chi connectivity index (χ2v) is 10.3. The molecule has 1 heterocycles. The molecule has 1 amide bonds. The molecular formula is C22H33NO3. The highest BCUT2D eigenvalue weighted by atomic mass is 16.3. The lowest BCUT2D eigenvalue weighted by Crippen LogP contribution is -2.72. The number of aliphatic hydroxyl groups excluding tert-OH is 2. The van der Waals surface area contributed by atoms with E-state index in [9.17, 15) is 15.0 Å². The summed E-state index contributed by atoms with van der Waals surface area (Å²) in [5.74, 6) is 1.68. The summed E-state index contributed by atoms with van der Waals surface area (Å²) in [7, 11) is 0. The van der Waals surface area contributed by atoms with Crippen LogP contribution in [-0.4, -0.2) is 46.8 Å². The fraction of sp³-hybridized carbons (Fsp3) is 0.864. The standard InChI is InChI=1S/C22H33NO3/c1-14-15-4-8-21(18(14)25)9-5-16-20(2)6-3-7-22(16,17(21)12-15)13-23(10-11-24)19(20)26/h15-18,24-25H,1,3-13H2,2H3/t15-,16+,17+,18-,20-,21?,22?/m0/s1. The largest absolute Gasteiger partial charge is 0.395 e. The van der Waals surface area contributed by atoms with Crippen molar-refractivity contribution in [1.29, 1.82) is 0 Å². The first-order valence-corrected chi connectivity index (χ1v) is 10.7. The molecule has 0 aromatic rings. The molecule has 2 unspecified atom stereocenters. The normalized spacial score (nSPS) is 52.7. The van der Waals surface area contributed by atoms with Gasteiger partial charge in [-0.05, 0) is 73.7 Å². The molecule has 5 saturated carbocycles. The van der Waals surface area contributed by atoms with E-state index in [2.05, 4.69) is 13.5 Å². The first kappa shape index (κ1) is 17.2. The fourth-order valence-corrected chi connectivity index (χ4v) is 8.60. The second kappa shape index (κ2) is 5.35. The van der Waals surface area contributed by atoms with Crippen LogP contribution in [0.25, 0.3) is 0 Å². The number of aliphatic hydroxyl groups is 2. The van der Waals surface area contributed by atoms with Crippen molar-refractivity contribution in [1.82, 2.24) is 4.90 Å². The van der Waals surface area contributed by atoms with E-state index in [1.807, 2.05) is 4.90 Å². The average molecular weight is 360 g/mol. The zero-order chi connectivity index (χ0) is 18.3. The fourth-order valence-electron chi connectivity index (χ4n) is 8.60. The van der Waals surface area contributed by atoms with Gasteiger partial charge in [-0.1, -0.05) is 19.9 Å². The maximum absolute atomic E-state index is 13.3. The van der Waals surface area contributed by atoms with Gasteiger partial charge in [0.05, 0.1) is 12.7 Å². The maximum Gasteiger partial charge on any atom is 0.228 e. The molecule has 2 N–H and O–H groups in total. The van der Waals surface area contributed by atoms with Crippen molar-refractivity contribution in [2.24, 2.45) is 34.0 Å². The van der Waals surface area contributed by atoms with Gasteiger partial charge in [-0.2, -0.15) is 0 Å². The Kier molecular flexibility index (Phi) is 3.55. The van der Waals surface area contributed by atoms with Crippen LogP contribution in [0.1, 0.15) is 58.3 Å². The Bertz CT molecular complexity index is 662. The Morgan fingerprint density at radius 3 is 2.69 bits per heavy atom. The molecule has 0 aromatic heterocycles. The lowest BCUT2D eigenvalue weighted by Gasteiger charge is -2.72. The maximum atomic E-state index is 13.3. The van der Waals surface area contributed by atoms with E-state index in [0.29, 0.717) is 24.3 Å². The molecule has 6 fully saturated rings. The quantitative estimate of drug-likeness (QED) is 0.745. The summed E-state index contributed by atoms with van der Waals surface area (Å²) in [4.78, 5) is 15.3. The van der Waals surface area contributed by atoms with Gasteiger partial charge in [0.15, 0.2) is 0 Å². The van der Waals surface area contributed by atoms with Crippen molar-refractivity contribution >= 4 is 5.91 Å². The third-order valence-electron chi connectivity index (χ3n) is 9.62. The van der Waals surface area contributed by atoms with Crippen molar-refractivity contribution < 1.29 is 15.0 Å². The average Bonchev–Trinajstić information content (AvgIpc) is 2.63. The summed E-state index contributed by atoms with van der Waals surface area (Å²) >= 11 is 0. The van der Waals surface area contributed by atoms with Crippen LogP contribution in [0.15, 0.2) is 12.2 Å². The molecule has 4 heteroatoms. The molecule has 7 atom stereocenters. The molecule has 4 nitrogen and oxygen atoms in total. The summed E-state index contributed by atoms with van der Waals surface area (Å²) in [5, 5.41) is 20.7. The van der Waals surface area contributed by atoms with Crippen molar-refractivity contribution in [3.63, 3.8) is 0 Å². The number of piperidine rings is 1. The zero-order valence-electron chi connectivity index (χ0n) is 16.0. The van der Waals surface area contributed by atoms with E-state index in [1.54, 1.807) is 0 Å². The predicted molar refractivity (Wildman–Crippen MR) is 99.2 cm³/mol. The van der Waals surface area contributed by atoms with Crippen LogP contribution in [0, 0.1) is 34.0 Å². The molecule has 26 heavy (non-hydrogen) atoms. The first-order valence-electron chi connectivity index (χ1n) is 10.7. The topological polar surface area (TPSA) is 60.8 Å². The third-order valence-corrected chi connectivity index (χ3v) is 9.62. The van der Waals surface area contributed by atoms with Gasteiger partial charge in [-0.3, -0.25) is 4.79 Å². The molecule has 5 aliphatic carbocycles. The first-order chi connectivity index (χ1) is 12.4. The van der Waals surface area contributed by atoms with Gasteiger partial charge in [0.1, 0.15) is 0 Å². The van der Waals surface area contributed by atoms with Gasteiger partial charge < -0.3 is 15.1 Å². The van der Waals surface area contributed by atoms with Crippen LogP contribution in [0.4, 0.5) is 0 Å². The van der Waals surface area contributed by atoms with Crippen LogP contribution in [-0.2, 0) is 4.79 Å². The molecule has 6 rings (SSSR count). The van der Waals surface area contributed by atoms with Crippen LogP contribution < -0.4 is 0 Å². The van der Waals surface area contributed by atoms with Crippen molar-refractivity contribution in [2.75, 3.05) is 19.7 Å². The van der Waals surface area contributed by atoms with E-state index in [-0.39, 0.29) is 34.9 Å². The van der Waals surface area contributed by atoms with Gasteiger partial charge in [0.25, 0.3) is 0 Å². The van der Waals surface area contributed by atoms with E-state index in [0.717, 1.165) is 50.6 Å². The SMILES string of the molecule is C=C1[C@H]2CCC3(CC[C@H]4C5(CCC[C@]4(C)C(=O)N(CCO)C5)[C@@H]3C2)[C@H]1O. The molecule has 1 saturated heterocycles.